The molecule has 1 heterocycles. The molecule has 100 valence electrons. The molecule has 1 aliphatic rings. The summed E-state index contributed by atoms with van der Waals surface area (Å²) in [6, 6.07) is 7.64. The second-order valence-corrected chi connectivity index (χ2v) is 4.98. The third-order valence-corrected chi connectivity index (χ3v) is 3.73. The van der Waals surface area contributed by atoms with Gasteiger partial charge in [-0.15, -0.1) is 0 Å². The van der Waals surface area contributed by atoms with Crippen LogP contribution in [-0.4, -0.2) is 16.3 Å². The van der Waals surface area contributed by atoms with Gasteiger partial charge < -0.3 is 5.32 Å². The summed E-state index contributed by atoms with van der Waals surface area (Å²) >= 11 is 0. The molecule has 1 atom stereocenters. The quantitative estimate of drug-likeness (QED) is 0.837. The van der Waals surface area contributed by atoms with Crippen LogP contribution in [-0.2, 0) is 13.0 Å². The molecular weight excluding hydrogens is 241 g/mol. The summed E-state index contributed by atoms with van der Waals surface area (Å²) in [6.07, 6.45) is 6.64. The summed E-state index contributed by atoms with van der Waals surface area (Å²) in [5.41, 5.74) is 2.03. The van der Waals surface area contributed by atoms with Crippen LogP contribution in [0.25, 0.3) is 0 Å². The number of fused-ring (bicyclic) bond motifs is 1. The first-order valence-electron chi connectivity index (χ1n) is 6.82. The van der Waals surface area contributed by atoms with Gasteiger partial charge in [0, 0.05) is 25.0 Å². The van der Waals surface area contributed by atoms with Gasteiger partial charge in [0.25, 0.3) is 0 Å². The smallest absolute Gasteiger partial charge is 0.126 e. The van der Waals surface area contributed by atoms with Crippen LogP contribution in [0.5, 0.6) is 0 Å². The summed E-state index contributed by atoms with van der Waals surface area (Å²) in [5, 5.41) is 7.69. The predicted octanol–water partition coefficient (Wildman–Crippen LogP) is 2.69. The number of nitrogens with zero attached hydrogens (tertiary/aromatic N) is 2. The van der Waals surface area contributed by atoms with E-state index in [-0.39, 0.29) is 5.82 Å². The van der Waals surface area contributed by atoms with Gasteiger partial charge in [-0.05, 0) is 49.1 Å². The van der Waals surface area contributed by atoms with E-state index >= 15 is 0 Å². The van der Waals surface area contributed by atoms with E-state index in [0.717, 1.165) is 43.5 Å². The van der Waals surface area contributed by atoms with Gasteiger partial charge in [0.05, 0.1) is 0 Å². The van der Waals surface area contributed by atoms with E-state index in [2.05, 4.69) is 10.4 Å². The van der Waals surface area contributed by atoms with Crippen LogP contribution < -0.4 is 5.32 Å². The van der Waals surface area contributed by atoms with Crippen LogP contribution in [0, 0.1) is 5.82 Å². The van der Waals surface area contributed by atoms with Crippen molar-refractivity contribution >= 4 is 0 Å². The molecule has 2 aromatic rings. The van der Waals surface area contributed by atoms with Gasteiger partial charge in [0.15, 0.2) is 0 Å². The number of halogens is 1. The molecule has 1 aliphatic carbocycles. The first kappa shape index (κ1) is 12.4. The van der Waals surface area contributed by atoms with E-state index in [0.29, 0.717) is 6.04 Å². The van der Waals surface area contributed by atoms with Gasteiger partial charge in [-0.25, -0.2) is 4.39 Å². The summed E-state index contributed by atoms with van der Waals surface area (Å²) in [5.74, 6) is -0.0571. The highest BCUT2D eigenvalue weighted by Gasteiger charge is 2.23. The van der Waals surface area contributed by atoms with Crippen molar-refractivity contribution in [2.75, 3.05) is 6.54 Å². The summed E-state index contributed by atoms with van der Waals surface area (Å²) in [4.78, 5) is 0. The Hall–Kier alpha value is -1.68. The van der Waals surface area contributed by atoms with Gasteiger partial charge in [0.2, 0.25) is 0 Å². The highest BCUT2D eigenvalue weighted by molar-refractivity contribution is 5.35. The number of rotatable bonds is 5. The minimum Gasteiger partial charge on any atom is -0.310 e. The number of hydrogen-bond acceptors (Lipinski definition) is 2. The molecule has 0 aliphatic heterocycles. The topological polar surface area (TPSA) is 29.9 Å². The lowest BCUT2D eigenvalue weighted by Gasteiger charge is -2.14. The van der Waals surface area contributed by atoms with E-state index in [4.69, 9.17) is 0 Å². The first-order chi connectivity index (χ1) is 9.34. The van der Waals surface area contributed by atoms with Crippen LogP contribution >= 0.6 is 0 Å². The molecule has 19 heavy (non-hydrogen) atoms. The molecule has 0 amide bonds. The maximum absolute atomic E-state index is 13.6. The molecule has 4 heteroatoms. The highest BCUT2D eigenvalue weighted by Crippen LogP contribution is 2.32. The number of aryl methyl sites for hydroxylation is 1. The highest BCUT2D eigenvalue weighted by atomic mass is 19.1. The van der Waals surface area contributed by atoms with Gasteiger partial charge in [-0.1, -0.05) is 12.1 Å². The van der Waals surface area contributed by atoms with Crippen molar-refractivity contribution in [3.05, 3.63) is 53.6 Å². The van der Waals surface area contributed by atoms with Crippen LogP contribution in [0.1, 0.15) is 30.0 Å². The first-order valence-corrected chi connectivity index (χ1v) is 6.82. The van der Waals surface area contributed by atoms with Crippen molar-refractivity contribution < 1.29 is 4.39 Å². The number of benzene rings is 1. The zero-order valence-corrected chi connectivity index (χ0v) is 10.8. The maximum Gasteiger partial charge on any atom is 0.126 e. The van der Waals surface area contributed by atoms with E-state index in [1.165, 1.54) is 0 Å². The molecule has 0 spiro atoms. The second-order valence-electron chi connectivity index (χ2n) is 4.98. The molecule has 3 nitrogen and oxygen atoms in total. The van der Waals surface area contributed by atoms with E-state index in [9.17, 15) is 4.39 Å². The molecule has 1 aromatic heterocycles. The monoisotopic (exact) mass is 259 g/mol. The Morgan fingerprint density at radius 2 is 2.32 bits per heavy atom. The zero-order chi connectivity index (χ0) is 13.1. The molecule has 0 radical (unpaired) electrons. The fraction of sp³-hybridized carbons (Fsp3) is 0.400. The van der Waals surface area contributed by atoms with Crippen molar-refractivity contribution in [3.8, 4) is 0 Å². The fourth-order valence-electron chi connectivity index (χ4n) is 2.77. The third-order valence-electron chi connectivity index (χ3n) is 3.73. The third kappa shape index (κ3) is 2.68. The molecule has 1 unspecified atom stereocenters. The van der Waals surface area contributed by atoms with E-state index in [1.807, 2.05) is 23.0 Å². The van der Waals surface area contributed by atoms with Gasteiger partial charge in [0.1, 0.15) is 5.82 Å². The maximum atomic E-state index is 13.6. The number of aromatic nitrogens is 2. The summed E-state index contributed by atoms with van der Waals surface area (Å²) in [7, 11) is 0. The van der Waals surface area contributed by atoms with Crippen LogP contribution in [0.4, 0.5) is 4.39 Å². The van der Waals surface area contributed by atoms with Crippen molar-refractivity contribution in [2.45, 2.75) is 31.8 Å². The number of nitrogens with one attached hydrogen (secondary N) is 1. The van der Waals surface area contributed by atoms with Crippen LogP contribution in [0.2, 0.25) is 0 Å². The van der Waals surface area contributed by atoms with Gasteiger partial charge >= 0.3 is 0 Å². The number of hydrogen-bond donors (Lipinski definition) is 1. The van der Waals surface area contributed by atoms with Crippen molar-refractivity contribution in [1.29, 1.82) is 0 Å². The lowest BCUT2D eigenvalue weighted by Crippen LogP contribution is -2.21. The Morgan fingerprint density at radius 1 is 1.37 bits per heavy atom. The van der Waals surface area contributed by atoms with E-state index in [1.54, 1.807) is 18.3 Å². The molecule has 3 rings (SSSR count). The molecule has 1 N–H and O–H groups in total. The molecule has 0 bridgehead atoms. The van der Waals surface area contributed by atoms with Crippen molar-refractivity contribution in [3.63, 3.8) is 0 Å². The minimum absolute atomic E-state index is 0.0571. The Bertz CT molecular complexity index is 536. The Labute approximate surface area is 112 Å². The average molecular weight is 259 g/mol. The second kappa shape index (κ2) is 5.53. The predicted molar refractivity (Wildman–Crippen MR) is 72.3 cm³/mol. The van der Waals surface area contributed by atoms with Gasteiger partial charge in [-0.2, -0.15) is 5.10 Å². The zero-order valence-electron chi connectivity index (χ0n) is 10.8. The lowest BCUT2D eigenvalue weighted by molar-refractivity contribution is 0.486. The van der Waals surface area contributed by atoms with E-state index < -0.39 is 0 Å². The Balaban J connectivity index is 1.51. The van der Waals surface area contributed by atoms with Crippen molar-refractivity contribution in [2.24, 2.45) is 0 Å². The van der Waals surface area contributed by atoms with Crippen molar-refractivity contribution in [1.82, 2.24) is 15.1 Å². The van der Waals surface area contributed by atoms with Gasteiger partial charge in [-0.3, -0.25) is 4.68 Å². The standard InChI is InChI=1S/C15H18FN3/c16-14-5-1-4-13-12(14)6-7-15(13)17-8-2-10-19-11-3-9-18-19/h1,3-5,9,11,15,17H,2,6-8,10H2. The Kier molecular flexibility index (Phi) is 3.60. The van der Waals surface area contributed by atoms with Crippen LogP contribution in [0.3, 0.4) is 0 Å². The summed E-state index contributed by atoms with van der Waals surface area (Å²) in [6.45, 7) is 1.85. The SMILES string of the molecule is Fc1cccc2c1CCC2NCCCn1cccn1. The molecule has 1 aromatic carbocycles. The Morgan fingerprint density at radius 3 is 3.16 bits per heavy atom. The normalized spacial score (nSPS) is 17.6. The molecular formula is C15H18FN3. The minimum atomic E-state index is -0.0571. The lowest BCUT2D eigenvalue weighted by atomic mass is 10.1. The summed E-state index contributed by atoms with van der Waals surface area (Å²) < 4.78 is 15.5. The molecule has 0 saturated heterocycles. The van der Waals surface area contributed by atoms with Crippen LogP contribution in [0.15, 0.2) is 36.7 Å². The largest absolute Gasteiger partial charge is 0.310 e. The average Bonchev–Trinajstić information content (AvgIpc) is 3.05. The molecule has 0 saturated carbocycles. The fourth-order valence-corrected chi connectivity index (χ4v) is 2.77. The molecule has 0 fully saturated rings.